The highest BCUT2D eigenvalue weighted by Crippen LogP contribution is 2.28. The summed E-state index contributed by atoms with van der Waals surface area (Å²) in [6, 6.07) is 8.09. The molecule has 1 atom stereocenters. The maximum Gasteiger partial charge on any atom is 0.310 e. The second-order valence-corrected chi connectivity index (χ2v) is 6.26. The molecular weight excluding hydrogens is 459 g/mol. The van der Waals surface area contributed by atoms with Crippen LogP contribution in [0.25, 0.3) is 0 Å². The minimum Gasteiger partial charge on any atom is -0.495 e. The van der Waals surface area contributed by atoms with Crippen LogP contribution in [0.3, 0.4) is 0 Å². The van der Waals surface area contributed by atoms with Gasteiger partial charge < -0.3 is 24.6 Å². The average molecular weight is 490 g/mol. The molecule has 7 nitrogen and oxygen atoms in total. The van der Waals surface area contributed by atoms with Crippen LogP contribution in [0.4, 0.5) is 5.69 Å². The zero-order valence-corrected chi connectivity index (χ0v) is 18.9. The van der Waals surface area contributed by atoms with E-state index in [0.717, 1.165) is 50.1 Å². The van der Waals surface area contributed by atoms with Crippen LogP contribution in [0.1, 0.15) is 13.8 Å². The molecule has 1 aromatic carbocycles. The van der Waals surface area contributed by atoms with E-state index in [1.54, 1.807) is 7.11 Å². The SMILES string of the molecule is CCNC(=NCC(C)C(=O)OC)N1CCN(c2ccccc2OC)CC1.I. The van der Waals surface area contributed by atoms with Crippen LogP contribution in [0.2, 0.25) is 0 Å². The monoisotopic (exact) mass is 490 g/mol. The van der Waals surface area contributed by atoms with Crippen LogP contribution >= 0.6 is 24.0 Å². The normalized spacial score (nSPS) is 15.6. The molecule has 0 amide bonds. The van der Waals surface area contributed by atoms with Crippen molar-refractivity contribution < 1.29 is 14.3 Å². The number of nitrogens with one attached hydrogen (secondary N) is 1. The average Bonchev–Trinajstić information content (AvgIpc) is 2.70. The standard InChI is InChI=1S/C19H30N4O3.HI/c1-5-20-19(21-14-15(2)18(24)26-4)23-12-10-22(11-13-23)16-8-6-7-9-17(16)25-3;/h6-9,15H,5,10-14H2,1-4H3,(H,20,21);1H. The first-order valence-electron chi connectivity index (χ1n) is 9.09. The van der Waals surface area contributed by atoms with E-state index < -0.39 is 0 Å². The molecule has 0 saturated carbocycles. The fraction of sp³-hybridized carbons (Fsp3) is 0.579. The summed E-state index contributed by atoms with van der Waals surface area (Å²) in [6.07, 6.45) is 0. The number of benzene rings is 1. The largest absolute Gasteiger partial charge is 0.495 e. The molecule has 152 valence electrons. The lowest BCUT2D eigenvalue weighted by Crippen LogP contribution is -2.52. The zero-order chi connectivity index (χ0) is 18.9. The molecule has 0 aromatic heterocycles. The smallest absolute Gasteiger partial charge is 0.310 e. The summed E-state index contributed by atoms with van der Waals surface area (Å²) in [5.41, 5.74) is 1.12. The molecule has 1 heterocycles. The third-order valence-corrected chi connectivity index (χ3v) is 4.46. The van der Waals surface area contributed by atoms with Gasteiger partial charge in [0.15, 0.2) is 5.96 Å². The summed E-state index contributed by atoms with van der Waals surface area (Å²) in [6.45, 7) is 8.57. The summed E-state index contributed by atoms with van der Waals surface area (Å²) in [4.78, 5) is 20.8. The van der Waals surface area contributed by atoms with Crippen molar-refractivity contribution in [3.05, 3.63) is 24.3 Å². The van der Waals surface area contributed by atoms with Gasteiger partial charge in [-0.25, -0.2) is 0 Å². The molecule has 0 radical (unpaired) electrons. The van der Waals surface area contributed by atoms with Crippen molar-refractivity contribution in [2.45, 2.75) is 13.8 Å². The van der Waals surface area contributed by atoms with Gasteiger partial charge in [-0.2, -0.15) is 0 Å². The molecule has 1 fully saturated rings. The number of esters is 1. The molecule has 1 saturated heterocycles. The van der Waals surface area contributed by atoms with Crippen LogP contribution in [-0.2, 0) is 9.53 Å². The number of nitrogens with zero attached hydrogens (tertiary/aromatic N) is 3. The number of hydrogen-bond donors (Lipinski definition) is 1. The van der Waals surface area contributed by atoms with E-state index >= 15 is 0 Å². The maximum absolute atomic E-state index is 11.6. The number of para-hydroxylation sites is 2. The Morgan fingerprint density at radius 3 is 2.48 bits per heavy atom. The topological polar surface area (TPSA) is 66.4 Å². The van der Waals surface area contributed by atoms with Gasteiger partial charge in [0, 0.05) is 32.7 Å². The Morgan fingerprint density at radius 1 is 1.22 bits per heavy atom. The number of methoxy groups -OCH3 is 2. The van der Waals surface area contributed by atoms with E-state index in [1.807, 2.05) is 32.0 Å². The Hall–Kier alpha value is -1.71. The Kier molecular flexibility index (Phi) is 10.3. The second-order valence-electron chi connectivity index (χ2n) is 6.26. The summed E-state index contributed by atoms with van der Waals surface area (Å²) in [5, 5.41) is 3.32. The summed E-state index contributed by atoms with van der Waals surface area (Å²) >= 11 is 0. The fourth-order valence-electron chi connectivity index (χ4n) is 2.98. The van der Waals surface area contributed by atoms with Crippen LogP contribution in [0.15, 0.2) is 29.3 Å². The van der Waals surface area contributed by atoms with Gasteiger partial charge in [-0.3, -0.25) is 9.79 Å². The molecule has 1 aromatic rings. The highest BCUT2D eigenvalue weighted by molar-refractivity contribution is 14.0. The van der Waals surface area contributed by atoms with E-state index in [1.165, 1.54) is 7.11 Å². The van der Waals surface area contributed by atoms with Gasteiger partial charge in [-0.05, 0) is 19.1 Å². The van der Waals surface area contributed by atoms with Gasteiger partial charge in [0.05, 0.1) is 32.4 Å². The second kappa shape index (κ2) is 11.9. The predicted octanol–water partition coefficient (Wildman–Crippen LogP) is 2.21. The summed E-state index contributed by atoms with van der Waals surface area (Å²) < 4.78 is 10.2. The van der Waals surface area contributed by atoms with Crippen molar-refractivity contribution in [1.82, 2.24) is 10.2 Å². The van der Waals surface area contributed by atoms with Crippen LogP contribution in [0.5, 0.6) is 5.75 Å². The van der Waals surface area contributed by atoms with Crippen molar-refractivity contribution in [3.8, 4) is 5.75 Å². The van der Waals surface area contributed by atoms with E-state index in [9.17, 15) is 4.79 Å². The lowest BCUT2D eigenvalue weighted by Gasteiger charge is -2.38. The first-order valence-corrected chi connectivity index (χ1v) is 9.09. The molecule has 0 aliphatic carbocycles. The molecule has 1 aliphatic heterocycles. The molecule has 1 unspecified atom stereocenters. The van der Waals surface area contributed by atoms with Crippen LogP contribution in [-0.4, -0.2) is 70.3 Å². The van der Waals surface area contributed by atoms with Crippen LogP contribution in [0, 0.1) is 5.92 Å². The van der Waals surface area contributed by atoms with Gasteiger partial charge in [0.1, 0.15) is 5.75 Å². The quantitative estimate of drug-likeness (QED) is 0.286. The molecule has 2 rings (SSSR count). The Labute approximate surface area is 179 Å². The van der Waals surface area contributed by atoms with Gasteiger partial charge in [0.25, 0.3) is 0 Å². The van der Waals surface area contributed by atoms with E-state index in [0.29, 0.717) is 6.54 Å². The van der Waals surface area contributed by atoms with Gasteiger partial charge in [0.2, 0.25) is 0 Å². The number of carbonyl (C=O) groups excluding carboxylic acids is 1. The first kappa shape index (κ1) is 23.3. The Balaban J connectivity index is 0.00000364. The van der Waals surface area contributed by atoms with E-state index in [-0.39, 0.29) is 35.9 Å². The number of carbonyl (C=O) groups is 1. The summed E-state index contributed by atoms with van der Waals surface area (Å²) in [5.74, 6) is 1.27. The van der Waals surface area contributed by atoms with Crippen molar-refractivity contribution in [3.63, 3.8) is 0 Å². The number of rotatable bonds is 6. The third kappa shape index (κ3) is 6.44. The number of guanidine groups is 1. The predicted molar refractivity (Wildman–Crippen MR) is 119 cm³/mol. The minimum absolute atomic E-state index is 0. The zero-order valence-electron chi connectivity index (χ0n) is 16.6. The molecule has 1 aliphatic rings. The fourth-order valence-corrected chi connectivity index (χ4v) is 2.98. The Morgan fingerprint density at radius 2 is 1.89 bits per heavy atom. The number of halogens is 1. The first-order chi connectivity index (χ1) is 12.6. The Bertz CT molecular complexity index is 619. The van der Waals surface area contributed by atoms with Gasteiger partial charge >= 0.3 is 5.97 Å². The number of ether oxygens (including phenoxy) is 2. The van der Waals surface area contributed by atoms with Gasteiger partial charge in [-0.15, -0.1) is 24.0 Å². The number of anilines is 1. The van der Waals surface area contributed by atoms with Crippen molar-refractivity contribution >= 4 is 41.6 Å². The molecule has 0 bridgehead atoms. The highest BCUT2D eigenvalue weighted by atomic mass is 127. The molecule has 27 heavy (non-hydrogen) atoms. The van der Waals surface area contributed by atoms with Crippen molar-refractivity contribution in [1.29, 1.82) is 0 Å². The maximum atomic E-state index is 11.6. The van der Waals surface area contributed by atoms with Crippen molar-refractivity contribution in [2.24, 2.45) is 10.9 Å². The van der Waals surface area contributed by atoms with E-state index in [4.69, 9.17) is 9.47 Å². The summed E-state index contributed by atoms with van der Waals surface area (Å²) in [7, 11) is 3.11. The highest BCUT2D eigenvalue weighted by Gasteiger charge is 2.22. The lowest BCUT2D eigenvalue weighted by molar-refractivity contribution is -0.144. The molecular formula is C19H31IN4O3. The number of piperazine rings is 1. The third-order valence-electron chi connectivity index (χ3n) is 4.46. The van der Waals surface area contributed by atoms with E-state index in [2.05, 4.69) is 26.2 Å². The number of hydrogen-bond acceptors (Lipinski definition) is 5. The molecule has 8 heteroatoms. The van der Waals surface area contributed by atoms with Gasteiger partial charge in [-0.1, -0.05) is 19.1 Å². The lowest BCUT2D eigenvalue weighted by atomic mass is 10.2. The van der Waals surface area contributed by atoms with Crippen molar-refractivity contribution in [2.75, 3.05) is 58.4 Å². The molecule has 1 N–H and O–H groups in total. The number of aliphatic imine (C=N–C) groups is 1. The minimum atomic E-state index is -0.247. The van der Waals surface area contributed by atoms with Crippen LogP contribution < -0.4 is 15.0 Å². The molecule has 0 spiro atoms.